The minimum Gasteiger partial charge on any atom is -0.459 e. The second-order valence-electron chi connectivity index (χ2n) is 8.28. The van der Waals surface area contributed by atoms with Crippen molar-refractivity contribution in [1.82, 2.24) is 15.6 Å². The molecular formula is C26H26ClN3O3. The van der Waals surface area contributed by atoms with E-state index in [9.17, 15) is 9.59 Å². The number of aromatic amines is 1. The van der Waals surface area contributed by atoms with E-state index in [0.717, 1.165) is 22.0 Å². The molecule has 170 valence electrons. The lowest BCUT2D eigenvalue weighted by Crippen LogP contribution is -2.50. The van der Waals surface area contributed by atoms with Gasteiger partial charge in [0.2, 0.25) is 5.91 Å². The van der Waals surface area contributed by atoms with Crippen molar-refractivity contribution in [3.8, 4) is 0 Å². The van der Waals surface area contributed by atoms with Gasteiger partial charge in [-0.3, -0.25) is 9.59 Å². The summed E-state index contributed by atoms with van der Waals surface area (Å²) >= 11 is 6.55. The highest BCUT2D eigenvalue weighted by Crippen LogP contribution is 2.34. The normalized spacial score (nSPS) is 13.1. The topological polar surface area (TPSA) is 87.1 Å². The fourth-order valence-electron chi connectivity index (χ4n) is 4.00. The summed E-state index contributed by atoms with van der Waals surface area (Å²) in [6.07, 6.45) is 3.39. The molecule has 0 saturated heterocycles. The van der Waals surface area contributed by atoms with E-state index < -0.39 is 11.9 Å². The molecule has 0 aliphatic carbocycles. The lowest BCUT2D eigenvalue weighted by Gasteiger charge is -2.24. The van der Waals surface area contributed by atoms with Gasteiger partial charge in [0.25, 0.3) is 5.91 Å². The van der Waals surface area contributed by atoms with E-state index in [1.807, 2.05) is 68.6 Å². The molecular weight excluding hydrogens is 438 g/mol. The van der Waals surface area contributed by atoms with Crippen LogP contribution in [0, 0.1) is 5.92 Å². The largest absolute Gasteiger partial charge is 0.459 e. The van der Waals surface area contributed by atoms with Crippen LogP contribution in [0.25, 0.3) is 10.9 Å². The van der Waals surface area contributed by atoms with Crippen molar-refractivity contribution in [3.05, 3.63) is 95.0 Å². The first kappa shape index (κ1) is 22.7. The van der Waals surface area contributed by atoms with E-state index in [-0.39, 0.29) is 23.5 Å². The van der Waals surface area contributed by atoms with Gasteiger partial charge >= 0.3 is 0 Å². The van der Waals surface area contributed by atoms with E-state index in [0.29, 0.717) is 11.6 Å². The number of amides is 2. The van der Waals surface area contributed by atoms with Gasteiger partial charge < -0.3 is 20.0 Å². The number of hydrogen-bond acceptors (Lipinski definition) is 3. The quantitative estimate of drug-likeness (QED) is 0.339. The number of aromatic nitrogens is 1. The van der Waals surface area contributed by atoms with E-state index >= 15 is 0 Å². The van der Waals surface area contributed by atoms with Gasteiger partial charge in [-0.05, 0) is 41.3 Å². The highest BCUT2D eigenvalue weighted by atomic mass is 35.5. The van der Waals surface area contributed by atoms with Crippen molar-refractivity contribution in [3.63, 3.8) is 0 Å². The summed E-state index contributed by atoms with van der Waals surface area (Å²) < 4.78 is 5.15. The molecule has 0 aliphatic rings. The first-order valence-corrected chi connectivity index (χ1v) is 11.3. The van der Waals surface area contributed by atoms with Gasteiger partial charge in [0, 0.05) is 34.6 Å². The summed E-state index contributed by atoms with van der Waals surface area (Å²) in [6.45, 7) is 4.10. The SMILES string of the molecule is CC(C)[C@@H](NC(=O)c1ccco1)C(=O)NC[C@@H](c1ccccc1Cl)c1c[nH]c2ccccc12. The number of H-pyrrole nitrogens is 1. The number of hydrogen-bond donors (Lipinski definition) is 3. The van der Waals surface area contributed by atoms with Crippen LogP contribution in [0.5, 0.6) is 0 Å². The third-order valence-electron chi connectivity index (χ3n) is 5.74. The van der Waals surface area contributed by atoms with Gasteiger partial charge in [0.15, 0.2) is 5.76 Å². The standard InChI is InChI=1S/C26H26ClN3O3/c1-16(2)24(30-25(31)23-12-7-13-33-23)26(32)29-15-19(17-8-3-5-10-21(17)27)20-14-28-22-11-6-4-9-18(20)22/h3-14,16,19,24,28H,15H2,1-2H3,(H,29,32)(H,30,31)/t19-,24+/m0/s1. The third kappa shape index (κ3) is 4.96. The molecule has 33 heavy (non-hydrogen) atoms. The number of carbonyl (C=O) groups excluding carboxylic acids is 2. The maximum atomic E-state index is 13.1. The average Bonchev–Trinajstić information content (AvgIpc) is 3.49. The summed E-state index contributed by atoms with van der Waals surface area (Å²) in [6, 6.07) is 18.2. The Balaban J connectivity index is 1.58. The third-order valence-corrected chi connectivity index (χ3v) is 6.08. The molecule has 2 aromatic carbocycles. The second kappa shape index (κ2) is 9.96. The maximum absolute atomic E-state index is 13.1. The van der Waals surface area contributed by atoms with Crippen LogP contribution in [0.4, 0.5) is 0 Å². The summed E-state index contributed by atoms with van der Waals surface area (Å²) in [5.74, 6) is -0.806. The average molecular weight is 464 g/mol. The molecule has 7 heteroatoms. The van der Waals surface area contributed by atoms with Gasteiger partial charge in [-0.15, -0.1) is 0 Å². The molecule has 0 fully saturated rings. The van der Waals surface area contributed by atoms with Crippen LogP contribution in [0.1, 0.15) is 41.4 Å². The Morgan fingerprint density at radius 2 is 1.76 bits per heavy atom. The van der Waals surface area contributed by atoms with Crippen LogP contribution >= 0.6 is 11.6 Å². The fraction of sp³-hybridized carbons (Fsp3) is 0.231. The zero-order valence-corrected chi connectivity index (χ0v) is 19.2. The van der Waals surface area contributed by atoms with Crippen LogP contribution in [0.2, 0.25) is 5.02 Å². The highest BCUT2D eigenvalue weighted by Gasteiger charge is 2.27. The number of benzene rings is 2. The van der Waals surface area contributed by atoms with Crippen LogP contribution in [0.3, 0.4) is 0 Å². The molecule has 0 unspecified atom stereocenters. The van der Waals surface area contributed by atoms with Gasteiger partial charge in [0.1, 0.15) is 6.04 Å². The Morgan fingerprint density at radius 3 is 2.48 bits per heavy atom. The molecule has 0 spiro atoms. The van der Waals surface area contributed by atoms with Gasteiger partial charge in [-0.1, -0.05) is 61.8 Å². The molecule has 6 nitrogen and oxygen atoms in total. The number of furan rings is 1. The highest BCUT2D eigenvalue weighted by molar-refractivity contribution is 6.31. The molecule has 0 saturated carbocycles. The first-order chi connectivity index (χ1) is 16.0. The summed E-state index contributed by atoms with van der Waals surface area (Å²) in [7, 11) is 0. The molecule has 4 aromatic rings. The molecule has 3 N–H and O–H groups in total. The molecule has 2 heterocycles. The zero-order chi connectivity index (χ0) is 23.4. The smallest absolute Gasteiger partial charge is 0.287 e. The Kier molecular flexibility index (Phi) is 6.84. The van der Waals surface area contributed by atoms with Crippen molar-refractivity contribution in [2.45, 2.75) is 25.8 Å². The van der Waals surface area contributed by atoms with Crippen LogP contribution < -0.4 is 10.6 Å². The predicted octanol–water partition coefficient (Wildman–Crippen LogP) is 5.12. The van der Waals surface area contributed by atoms with Crippen molar-refractivity contribution in [2.24, 2.45) is 5.92 Å². The lowest BCUT2D eigenvalue weighted by atomic mass is 9.90. The van der Waals surface area contributed by atoms with Crippen LogP contribution in [-0.4, -0.2) is 29.4 Å². The predicted molar refractivity (Wildman–Crippen MR) is 129 cm³/mol. The number of para-hydroxylation sites is 1. The number of fused-ring (bicyclic) bond motifs is 1. The molecule has 0 bridgehead atoms. The number of rotatable bonds is 8. The van der Waals surface area contributed by atoms with Gasteiger partial charge in [0.05, 0.1) is 6.26 Å². The minimum atomic E-state index is -0.711. The number of halogens is 1. The van der Waals surface area contributed by atoms with Crippen molar-refractivity contribution < 1.29 is 14.0 Å². The molecule has 0 aliphatic heterocycles. The van der Waals surface area contributed by atoms with Crippen LogP contribution in [0.15, 0.2) is 77.5 Å². The molecule has 2 aromatic heterocycles. The Morgan fingerprint density at radius 1 is 1.00 bits per heavy atom. The number of carbonyl (C=O) groups is 2. The van der Waals surface area contributed by atoms with Gasteiger partial charge in [-0.25, -0.2) is 0 Å². The molecule has 4 rings (SSSR count). The van der Waals surface area contributed by atoms with E-state index in [4.69, 9.17) is 16.0 Å². The summed E-state index contributed by atoms with van der Waals surface area (Å²) in [5, 5.41) is 7.52. The summed E-state index contributed by atoms with van der Waals surface area (Å²) in [5.41, 5.74) is 2.98. The van der Waals surface area contributed by atoms with E-state index in [1.165, 1.54) is 6.26 Å². The number of nitrogens with one attached hydrogen (secondary N) is 3. The summed E-state index contributed by atoms with van der Waals surface area (Å²) in [4.78, 5) is 28.9. The fourth-order valence-corrected chi connectivity index (χ4v) is 4.26. The van der Waals surface area contributed by atoms with Crippen LogP contribution in [-0.2, 0) is 4.79 Å². The van der Waals surface area contributed by atoms with E-state index in [1.54, 1.807) is 12.1 Å². The molecule has 2 amide bonds. The van der Waals surface area contributed by atoms with Crippen molar-refractivity contribution in [2.75, 3.05) is 6.54 Å². The first-order valence-electron chi connectivity index (χ1n) is 10.9. The van der Waals surface area contributed by atoms with Crippen molar-refractivity contribution in [1.29, 1.82) is 0 Å². The zero-order valence-electron chi connectivity index (χ0n) is 18.5. The Hall–Kier alpha value is -3.51. The lowest BCUT2D eigenvalue weighted by molar-refractivity contribution is -0.123. The Labute approximate surface area is 197 Å². The maximum Gasteiger partial charge on any atom is 0.287 e. The minimum absolute atomic E-state index is 0.115. The van der Waals surface area contributed by atoms with E-state index in [2.05, 4.69) is 15.6 Å². The molecule has 2 atom stereocenters. The monoisotopic (exact) mass is 463 g/mol. The van der Waals surface area contributed by atoms with Crippen molar-refractivity contribution >= 4 is 34.3 Å². The second-order valence-corrected chi connectivity index (χ2v) is 8.69. The van der Waals surface area contributed by atoms with Gasteiger partial charge in [-0.2, -0.15) is 0 Å². The molecule has 0 radical (unpaired) electrons. The Bertz CT molecular complexity index is 1250.